The molecule has 3 aliphatic heterocycles. The molecule has 2 aromatic heterocycles. The Labute approximate surface area is 164 Å². The molecule has 0 spiro atoms. The molecular weight excluding hydrogens is 358 g/mol. The van der Waals surface area contributed by atoms with Crippen molar-refractivity contribution in [3.05, 3.63) is 18.0 Å². The number of nitrogens with zero attached hydrogens (tertiary/aromatic N) is 6. The minimum atomic E-state index is 0.0123. The van der Waals surface area contributed by atoms with Gasteiger partial charge in [0.15, 0.2) is 11.5 Å². The molecule has 5 rings (SSSR count). The average molecular weight is 385 g/mol. The number of hydrogen-bond donors (Lipinski definition) is 1. The third-order valence-electron chi connectivity index (χ3n) is 6.11. The number of anilines is 1. The van der Waals surface area contributed by atoms with Crippen LogP contribution in [0.4, 0.5) is 10.6 Å². The third-order valence-corrected chi connectivity index (χ3v) is 6.11. The van der Waals surface area contributed by atoms with Crippen LogP contribution in [0.15, 0.2) is 12.1 Å². The van der Waals surface area contributed by atoms with E-state index in [2.05, 4.69) is 20.4 Å². The van der Waals surface area contributed by atoms with Gasteiger partial charge in [-0.25, -0.2) is 4.79 Å². The molecule has 28 heavy (non-hydrogen) atoms. The molecule has 2 aromatic rings. The van der Waals surface area contributed by atoms with Crippen molar-refractivity contribution < 1.29 is 9.53 Å². The highest BCUT2D eigenvalue weighted by atomic mass is 16.5. The van der Waals surface area contributed by atoms with E-state index in [4.69, 9.17) is 9.84 Å². The summed E-state index contributed by atoms with van der Waals surface area (Å²) < 4.78 is 7.47. The summed E-state index contributed by atoms with van der Waals surface area (Å²) in [7, 11) is 0. The van der Waals surface area contributed by atoms with E-state index in [1.54, 1.807) is 0 Å². The van der Waals surface area contributed by atoms with Gasteiger partial charge in [0, 0.05) is 45.2 Å². The number of urea groups is 1. The van der Waals surface area contributed by atoms with Crippen molar-refractivity contribution in [2.24, 2.45) is 0 Å². The first-order valence-corrected chi connectivity index (χ1v) is 10.4. The Morgan fingerprint density at radius 1 is 1.11 bits per heavy atom. The maximum absolute atomic E-state index is 12.4. The van der Waals surface area contributed by atoms with Gasteiger partial charge in [-0.05, 0) is 44.2 Å². The Balaban J connectivity index is 1.21. The zero-order valence-electron chi connectivity index (χ0n) is 16.1. The molecule has 3 fully saturated rings. The fourth-order valence-corrected chi connectivity index (χ4v) is 4.22. The van der Waals surface area contributed by atoms with Crippen molar-refractivity contribution in [3.63, 3.8) is 0 Å². The molecule has 1 unspecified atom stereocenters. The van der Waals surface area contributed by atoms with Gasteiger partial charge in [-0.1, -0.05) is 0 Å². The number of ether oxygens (including phenoxy) is 1. The maximum Gasteiger partial charge on any atom is 0.317 e. The second-order valence-corrected chi connectivity index (χ2v) is 7.94. The van der Waals surface area contributed by atoms with E-state index in [1.807, 2.05) is 21.5 Å². The summed E-state index contributed by atoms with van der Waals surface area (Å²) >= 11 is 0. The van der Waals surface area contributed by atoms with E-state index in [-0.39, 0.29) is 18.1 Å². The topological polar surface area (TPSA) is 87.9 Å². The fraction of sp³-hybridized carbons (Fsp3) is 0.684. The molecule has 3 aliphatic rings. The van der Waals surface area contributed by atoms with Crippen LogP contribution in [0.1, 0.15) is 43.8 Å². The molecule has 3 saturated heterocycles. The van der Waals surface area contributed by atoms with Crippen LogP contribution in [0, 0.1) is 0 Å². The van der Waals surface area contributed by atoms with Gasteiger partial charge in [-0.3, -0.25) is 0 Å². The van der Waals surface area contributed by atoms with E-state index in [9.17, 15) is 4.79 Å². The normalized spacial score (nSPS) is 23.2. The summed E-state index contributed by atoms with van der Waals surface area (Å²) in [5.41, 5.74) is 0.788. The van der Waals surface area contributed by atoms with E-state index in [0.29, 0.717) is 6.54 Å². The zero-order valence-corrected chi connectivity index (χ0v) is 16.1. The molecule has 0 radical (unpaired) electrons. The molecule has 9 nitrogen and oxygen atoms in total. The van der Waals surface area contributed by atoms with Gasteiger partial charge in [0.05, 0.1) is 6.10 Å². The molecular formula is C19H27N7O2. The lowest BCUT2D eigenvalue weighted by atomic mass is 9.96. The van der Waals surface area contributed by atoms with E-state index in [0.717, 1.165) is 75.8 Å². The summed E-state index contributed by atoms with van der Waals surface area (Å²) in [5, 5.41) is 16.5. The molecule has 0 saturated carbocycles. The SMILES string of the molecule is O=C(NCC1CCCO1)N1CCC(c2nnc3ccc(N4CCC4)nn23)CC1. The molecule has 0 aromatic carbocycles. The average Bonchev–Trinajstić information content (AvgIpc) is 3.34. The van der Waals surface area contributed by atoms with Crippen molar-refractivity contribution in [1.29, 1.82) is 0 Å². The van der Waals surface area contributed by atoms with Gasteiger partial charge in [0.2, 0.25) is 0 Å². The number of fused-ring (bicyclic) bond motifs is 1. The van der Waals surface area contributed by atoms with Crippen molar-refractivity contribution in [3.8, 4) is 0 Å². The number of aromatic nitrogens is 4. The monoisotopic (exact) mass is 385 g/mol. The number of likely N-dealkylation sites (tertiary alicyclic amines) is 1. The predicted molar refractivity (Wildman–Crippen MR) is 104 cm³/mol. The predicted octanol–water partition coefficient (Wildman–Crippen LogP) is 1.40. The highest BCUT2D eigenvalue weighted by Crippen LogP contribution is 2.28. The van der Waals surface area contributed by atoms with Crippen LogP contribution in [0.5, 0.6) is 0 Å². The van der Waals surface area contributed by atoms with Crippen molar-refractivity contribution >= 4 is 17.5 Å². The molecule has 2 amide bonds. The first-order valence-electron chi connectivity index (χ1n) is 10.4. The largest absolute Gasteiger partial charge is 0.376 e. The Morgan fingerprint density at radius 3 is 2.68 bits per heavy atom. The Morgan fingerprint density at radius 2 is 1.96 bits per heavy atom. The minimum Gasteiger partial charge on any atom is -0.376 e. The van der Waals surface area contributed by atoms with E-state index in [1.165, 1.54) is 6.42 Å². The lowest BCUT2D eigenvalue weighted by Gasteiger charge is -2.32. The van der Waals surface area contributed by atoms with Crippen LogP contribution in [0.3, 0.4) is 0 Å². The van der Waals surface area contributed by atoms with Gasteiger partial charge in [-0.15, -0.1) is 15.3 Å². The summed E-state index contributed by atoms with van der Waals surface area (Å²) in [4.78, 5) is 16.6. The molecule has 0 aliphatic carbocycles. The first kappa shape index (κ1) is 17.7. The highest BCUT2D eigenvalue weighted by Gasteiger charge is 2.28. The molecule has 5 heterocycles. The standard InChI is InChI=1S/C19H27N7O2/c27-19(20-13-15-3-1-12-28-15)25-10-6-14(7-11-25)18-22-21-16-4-5-17(23-26(16)18)24-8-2-9-24/h4-5,14-15H,1-3,6-13H2,(H,20,27). The number of carbonyl (C=O) groups is 1. The summed E-state index contributed by atoms with van der Waals surface area (Å²) in [6.07, 6.45) is 5.28. The van der Waals surface area contributed by atoms with Crippen molar-refractivity contribution in [1.82, 2.24) is 30.0 Å². The minimum absolute atomic E-state index is 0.0123. The zero-order chi connectivity index (χ0) is 18.9. The van der Waals surface area contributed by atoms with E-state index < -0.39 is 0 Å². The second-order valence-electron chi connectivity index (χ2n) is 7.94. The number of nitrogens with one attached hydrogen (secondary N) is 1. The number of amides is 2. The number of rotatable bonds is 4. The number of hydrogen-bond acceptors (Lipinski definition) is 6. The molecule has 1 atom stereocenters. The molecule has 150 valence electrons. The van der Waals surface area contributed by atoms with Crippen LogP contribution < -0.4 is 10.2 Å². The molecule has 9 heteroatoms. The Hall–Kier alpha value is -2.42. The van der Waals surface area contributed by atoms with Crippen molar-refractivity contribution in [2.75, 3.05) is 44.2 Å². The lowest BCUT2D eigenvalue weighted by molar-refractivity contribution is 0.108. The van der Waals surface area contributed by atoms with Crippen LogP contribution in [0.2, 0.25) is 0 Å². The van der Waals surface area contributed by atoms with Gasteiger partial charge >= 0.3 is 6.03 Å². The van der Waals surface area contributed by atoms with Gasteiger partial charge in [-0.2, -0.15) is 4.52 Å². The van der Waals surface area contributed by atoms with Crippen molar-refractivity contribution in [2.45, 2.75) is 44.1 Å². The van der Waals surface area contributed by atoms with Crippen LogP contribution in [0.25, 0.3) is 5.65 Å². The molecule has 0 bridgehead atoms. The van der Waals surface area contributed by atoms with Gasteiger partial charge in [0.25, 0.3) is 0 Å². The lowest BCUT2D eigenvalue weighted by Crippen LogP contribution is -2.46. The summed E-state index contributed by atoms with van der Waals surface area (Å²) in [5.74, 6) is 2.18. The Bertz CT molecular complexity index is 836. The molecule has 1 N–H and O–H groups in total. The van der Waals surface area contributed by atoms with E-state index >= 15 is 0 Å². The second kappa shape index (κ2) is 7.54. The quantitative estimate of drug-likeness (QED) is 0.856. The Kier molecular flexibility index (Phi) is 4.76. The maximum atomic E-state index is 12.4. The summed E-state index contributed by atoms with van der Waals surface area (Å²) in [6, 6.07) is 4.02. The smallest absolute Gasteiger partial charge is 0.317 e. The number of piperidine rings is 1. The van der Waals surface area contributed by atoms with Crippen LogP contribution in [-0.4, -0.2) is 76.2 Å². The van der Waals surface area contributed by atoms with Gasteiger partial charge < -0.3 is 19.9 Å². The highest BCUT2D eigenvalue weighted by molar-refractivity contribution is 5.74. The number of carbonyl (C=O) groups excluding carboxylic acids is 1. The van der Waals surface area contributed by atoms with Crippen LogP contribution in [-0.2, 0) is 4.74 Å². The first-order chi connectivity index (χ1) is 13.8. The third kappa shape index (κ3) is 3.39. The fourth-order valence-electron chi connectivity index (χ4n) is 4.22. The summed E-state index contributed by atoms with van der Waals surface area (Å²) in [6.45, 7) is 5.00. The van der Waals surface area contributed by atoms with Crippen LogP contribution >= 0.6 is 0 Å². The van der Waals surface area contributed by atoms with Gasteiger partial charge in [0.1, 0.15) is 5.82 Å².